The minimum atomic E-state index is -0.256. The molecule has 0 aromatic heterocycles. The van der Waals surface area contributed by atoms with Crippen LogP contribution in [-0.2, 0) is 4.74 Å². The first-order chi connectivity index (χ1) is 12.5. The molecule has 5 aliphatic carbocycles. The second-order valence-corrected chi connectivity index (χ2v) is 10.8. The Hall–Kier alpha value is -0.590. The van der Waals surface area contributed by atoms with Crippen LogP contribution in [0.2, 0.25) is 0 Å². The molecule has 0 aliphatic heterocycles. The summed E-state index contributed by atoms with van der Waals surface area (Å²) in [6.07, 6.45) is 12.1. The zero-order chi connectivity index (χ0) is 18.1. The monoisotopic (exact) mass is 357 g/mol. The minimum Gasteiger partial charge on any atom is -0.390 e. The quantitative estimate of drug-likeness (QED) is 0.780. The topological polar surface area (TPSA) is 53.2 Å². The van der Waals surface area contributed by atoms with Gasteiger partial charge in [0.05, 0.1) is 30.3 Å². The highest BCUT2D eigenvalue weighted by molar-refractivity contribution is 5.13. The average molecular weight is 358 g/mol. The van der Waals surface area contributed by atoms with Crippen molar-refractivity contribution in [2.75, 3.05) is 0 Å². The number of ether oxygens (including phenoxy) is 1. The number of hydrogen-bond acceptors (Lipinski definition) is 3. The van der Waals surface area contributed by atoms with Crippen LogP contribution in [0.5, 0.6) is 0 Å². The third-order valence-electron chi connectivity index (χ3n) is 9.71. The normalized spacial score (nSPS) is 56.2. The maximum absolute atomic E-state index is 10.7. The average Bonchev–Trinajstić information content (AvgIpc) is 3.35. The van der Waals surface area contributed by atoms with Crippen LogP contribution in [0.25, 0.3) is 0 Å². The maximum Gasteiger partial charge on any atom is 0.0843 e. The summed E-state index contributed by atoms with van der Waals surface area (Å²) < 4.78 is 6.26. The molecule has 5 rings (SSSR count). The molecule has 0 saturated heterocycles. The summed E-state index contributed by atoms with van der Waals surface area (Å²) >= 11 is 0. The van der Waals surface area contributed by atoms with Gasteiger partial charge in [0.25, 0.3) is 0 Å². The van der Waals surface area contributed by atoms with Gasteiger partial charge >= 0.3 is 0 Å². The van der Waals surface area contributed by atoms with E-state index in [0.29, 0.717) is 17.4 Å². The Balaban J connectivity index is 1.40. The fourth-order valence-electron chi connectivity index (χ4n) is 8.06. The van der Waals surface area contributed by atoms with E-state index in [1.165, 1.54) is 44.9 Å². The van der Waals surface area contributed by atoms with E-state index in [-0.39, 0.29) is 23.5 Å². The van der Waals surface area contributed by atoms with E-state index in [2.05, 4.69) is 19.9 Å². The fourth-order valence-corrected chi connectivity index (χ4v) is 8.06. The lowest BCUT2D eigenvalue weighted by Crippen LogP contribution is -2.57. The van der Waals surface area contributed by atoms with Crippen molar-refractivity contribution < 1.29 is 9.84 Å². The molecule has 0 spiro atoms. The van der Waals surface area contributed by atoms with E-state index in [1.807, 2.05) is 0 Å². The van der Waals surface area contributed by atoms with Gasteiger partial charge in [0.1, 0.15) is 0 Å². The van der Waals surface area contributed by atoms with Crippen LogP contribution in [0.1, 0.15) is 78.1 Å². The highest BCUT2D eigenvalue weighted by Crippen LogP contribution is 2.67. The molecular formula is C23H35NO2. The van der Waals surface area contributed by atoms with Crippen molar-refractivity contribution in [1.29, 1.82) is 5.26 Å². The van der Waals surface area contributed by atoms with E-state index in [1.54, 1.807) is 0 Å². The molecule has 1 N–H and O–H groups in total. The van der Waals surface area contributed by atoms with Crippen LogP contribution in [0, 0.1) is 51.8 Å². The lowest BCUT2D eigenvalue weighted by molar-refractivity contribution is -0.173. The Labute approximate surface area is 158 Å². The molecule has 0 heterocycles. The van der Waals surface area contributed by atoms with Gasteiger partial charge in [-0.2, -0.15) is 5.26 Å². The predicted molar refractivity (Wildman–Crippen MR) is 100 cm³/mol. The second kappa shape index (κ2) is 5.95. The number of fused-ring (bicyclic) bond motifs is 5. The Bertz CT molecular complexity index is 610. The van der Waals surface area contributed by atoms with Gasteiger partial charge in [-0.1, -0.05) is 13.8 Å². The van der Waals surface area contributed by atoms with Crippen molar-refractivity contribution in [2.24, 2.45) is 40.4 Å². The lowest BCUT2D eigenvalue weighted by Gasteiger charge is -2.61. The molecule has 3 nitrogen and oxygen atoms in total. The lowest BCUT2D eigenvalue weighted by atomic mass is 9.44. The van der Waals surface area contributed by atoms with Gasteiger partial charge in [-0.25, -0.2) is 0 Å². The number of aliphatic hydroxyl groups excluding tert-OH is 1. The van der Waals surface area contributed by atoms with Gasteiger partial charge in [0.2, 0.25) is 0 Å². The molecule has 3 heteroatoms. The number of nitriles is 1. The standard InChI is InChI=1S/C23H35NO2/c1-22-10-9-19-17(18(22)8-4-15(22)13-24)7-3-14-11-20(25)21(12-23(14,19)2)26-16-5-6-16/h14-21,25H,3-12H2,1-2H3. The fraction of sp³-hybridized carbons (Fsp3) is 0.957. The van der Waals surface area contributed by atoms with Gasteiger partial charge in [-0.3, -0.25) is 0 Å². The zero-order valence-corrected chi connectivity index (χ0v) is 16.5. The van der Waals surface area contributed by atoms with Gasteiger partial charge in [-0.05, 0) is 98.7 Å². The molecule has 5 fully saturated rings. The van der Waals surface area contributed by atoms with Crippen LogP contribution in [0.4, 0.5) is 0 Å². The van der Waals surface area contributed by atoms with Crippen molar-refractivity contribution in [2.45, 2.75) is 96.4 Å². The van der Waals surface area contributed by atoms with E-state index in [0.717, 1.165) is 37.0 Å². The molecule has 144 valence electrons. The molecule has 9 unspecified atom stereocenters. The van der Waals surface area contributed by atoms with Crippen LogP contribution < -0.4 is 0 Å². The number of nitrogens with zero attached hydrogens (tertiary/aromatic N) is 1. The summed E-state index contributed by atoms with van der Waals surface area (Å²) in [7, 11) is 0. The third kappa shape index (κ3) is 2.44. The molecule has 0 radical (unpaired) electrons. The molecule has 0 aromatic carbocycles. The molecule has 5 aliphatic rings. The van der Waals surface area contributed by atoms with Gasteiger partial charge in [0, 0.05) is 0 Å². The van der Waals surface area contributed by atoms with Crippen LogP contribution in [-0.4, -0.2) is 23.4 Å². The summed E-state index contributed by atoms with van der Waals surface area (Å²) in [5.41, 5.74) is 0.588. The molecule has 0 amide bonds. The Morgan fingerprint density at radius 2 is 1.73 bits per heavy atom. The highest BCUT2D eigenvalue weighted by Gasteiger charge is 2.61. The summed E-state index contributed by atoms with van der Waals surface area (Å²) in [5.74, 6) is 3.26. The van der Waals surface area contributed by atoms with E-state index < -0.39 is 0 Å². The van der Waals surface area contributed by atoms with Crippen LogP contribution in [0.3, 0.4) is 0 Å². The SMILES string of the molecule is CC12CCC3C(CCC4CC(O)C(OC5CC5)CC43C)C1CCC2C#N. The predicted octanol–water partition coefficient (Wildman–Crippen LogP) is 4.69. The second-order valence-electron chi connectivity index (χ2n) is 10.8. The largest absolute Gasteiger partial charge is 0.390 e. The van der Waals surface area contributed by atoms with Crippen molar-refractivity contribution in [3.63, 3.8) is 0 Å². The molecule has 5 saturated carbocycles. The smallest absolute Gasteiger partial charge is 0.0843 e. The first-order valence-corrected chi connectivity index (χ1v) is 11.2. The molecule has 0 bridgehead atoms. The van der Waals surface area contributed by atoms with E-state index in [4.69, 9.17) is 4.74 Å². The number of hydrogen-bond donors (Lipinski definition) is 1. The van der Waals surface area contributed by atoms with Crippen LogP contribution in [0.15, 0.2) is 0 Å². The van der Waals surface area contributed by atoms with Crippen molar-refractivity contribution in [3.8, 4) is 6.07 Å². The molecule has 9 atom stereocenters. The Morgan fingerprint density at radius 3 is 2.46 bits per heavy atom. The van der Waals surface area contributed by atoms with Gasteiger partial charge in [-0.15, -0.1) is 0 Å². The van der Waals surface area contributed by atoms with Gasteiger partial charge in [0.15, 0.2) is 0 Å². The molecule has 26 heavy (non-hydrogen) atoms. The zero-order valence-electron chi connectivity index (χ0n) is 16.5. The first-order valence-electron chi connectivity index (χ1n) is 11.2. The molecule has 0 aromatic rings. The van der Waals surface area contributed by atoms with Crippen molar-refractivity contribution in [1.82, 2.24) is 0 Å². The highest BCUT2D eigenvalue weighted by atomic mass is 16.5. The van der Waals surface area contributed by atoms with Crippen molar-refractivity contribution >= 4 is 0 Å². The maximum atomic E-state index is 10.7. The van der Waals surface area contributed by atoms with E-state index in [9.17, 15) is 10.4 Å². The summed E-state index contributed by atoms with van der Waals surface area (Å²) in [4.78, 5) is 0. The molecular weight excluding hydrogens is 322 g/mol. The first kappa shape index (κ1) is 17.5. The Kier molecular flexibility index (Phi) is 4.01. The van der Waals surface area contributed by atoms with Crippen LogP contribution >= 0.6 is 0 Å². The third-order valence-corrected chi connectivity index (χ3v) is 9.71. The summed E-state index contributed by atoms with van der Waals surface area (Å²) in [6.45, 7) is 4.95. The van der Waals surface area contributed by atoms with Crippen molar-refractivity contribution in [3.05, 3.63) is 0 Å². The Morgan fingerprint density at radius 1 is 0.962 bits per heavy atom. The summed E-state index contributed by atoms with van der Waals surface area (Å²) in [5, 5.41) is 20.4. The van der Waals surface area contributed by atoms with Gasteiger partial charge < -0.3 is 9.84 Å². The summed E-state index contributed by atoms with van der Waals surface area (Å²) in [6, 6.07) is 2.65. The van der Waals surface area contributed by atoms with E-state index >= 15 is 0 Å². The number of aliphatic hydroxyl groups is 1. The number of rotatable bonds is 2. The minimum absolute atomic E-state index is 0.0613.